The van der Waals surface area contributed by atoms with E-state index in [1.807, 2.05) is 24.3 Å². The predicted molar refractivity (Wildman–Crippen MR) is 66.7 cm³/mol. The number of nitrogens with one attached hydrogen (secondary N) is 1. The predicted octanol–water partition coefficient (Wildman–Crippen LogP) is 2.91. The summed E-state index contributed by atoms with van der Waals surface area (Å²) in [5.74, 6) is 0. The second kappa shape index (κ2) is 5.67. The first kappa shape index (κ1) is 11.9. The fourth-order valence-electron chi connectivity index (χ4n) is 2.22. The Labute approximate surface area is 102 Å². The van der Waals surface area contributed by atoms with Crippen LogP contribution in [0.3, 0.4) is 0 Å². The van der Waals surface area contributed by atoms with E-state index in [1.165, 1.54) is 19.3 Å². The van der Waals surface area contributed by atoms with E-state index in [1.54, 1.807) is 0 Å². The lowest BCUT2D eigenvalue weighted by atomic mass is 9.96. The van der Waals surface area contributed by atoms with E-state index in [4.69, 9.17) is 11.6 Å². The van der Waals surface area contributed by atoms with Gasteiger partial charge in [0, 0.05) is 11.1 Å². The Morgan fingerprint density at radius 2 is 2.06 bits per heavy atom. The molecule has 1 saturated heterocycles. The van der Waals surface area contributed by atoms with Gasteiger partial charge in [-0.25, -0.2) is 0 Å². The first-order valence-electron chi connectivity index (χ1n) is 5.92. The molecule has 1 aromatic carbocycles. The smallest absolute Gasteiger partial charge is 0.0804 e. The molecule has 1 fully saturated rings. The van der Waals surface area contributed by atoms with E-state index in [0.29, 0.717) is 11.1 Å². The summed E-state index contributed by atoms with van der Waals surface area (Å²) < 4.78 is 0. The number of halogens is 1. The van der Waals surface area contributed by atoms with E-state index >= 15 is 0 Å². The van der Waals surface area contributed by atoms with Gasteiger partial charge in [0.15, 0.2) is 0 Å². The summed E-state index contributed by atoms with van der Waals surface area (Å²) >= 11 is 5.81. The molecule has 0 amide bonds. The molecule has 0 aliphatic carbocycles. The Balaban J connectivity index is 1.91. The lowest BCUT2D eigenvalue weighted by molar-refractivity contribution is 0.144. The van der Waals surface area contributed by atoms with Gasteiger partial charge in [0.25, 0.3) is 0 Å². The number of hydrogen-bond donors (Lipinski definition) is 2. The van der Waals surface area contributed by atoms with Gasteiger partial charge in [0.05, 0.1) is 6.10 Å². The van der Waals surface area contributed by atoms with E-state index < -0.39 is 0 Å². The molecule has 0 radical (unpaired) electrons. The zero-order chi connectivity index (χ0) is 11.4. The minimum atomic E-state index is -0.382. The van der Waals surface area contributed by atoms with Crippen LogP contribution >= 0.6 is 11.6 Å². The van der Waals surface area contributed by atoms with Crippen molar-refractivity contribution in [2.75, 3.05) is 6.54 Å². The fourth-order valence-corrected chi connectivity index (χ4v) is 2.34. The third kappa shape index (κ3) is 3.21. The zero-order valence-electron chi connectivity index (χ0n) is 9.32. The Kier molecular flexibility index (Phi) is 4.22. The third-order valence-corrected chi connectivity index (χ3v) is 3.43. The van der Waals surface area contributed by atoms with Crippen molar-refractivity contribution in [1.82, 2.24) is 5.32 Å². The van der Waals surface area contributed by atoms with Crippen LogP contribution in [0.4, 0.5) is 0 Å². The number of piperidine rings is 1. The average molecular weight is 240 g/mol. The highest BCUT2D eigenvalue weighted by molar-refractivity contribution is 6.30. The van der Waals surface area contributed by atoms with Gasteiger partial charge in [-0.1, -0.05) is 30.2 Å². The largest absolute Gasteiger partial charge is 0.388 e. The normalized spacial score (nSPS) is 23.0. The molecule has 0 spiro atoms. The summed E-state index contributed by atoms with van der Waals surface area (Å²) in [6, 6.07) is 7.91. The van der Waals surface area contributed by atoms with Crippen molar-refractivity contribution in [3.8, 4) is 0 Å². The maximum Gasteiger partial charge on any atom is 0.0804 e. The molecule has 88 valence electrons. The monoisotopic (exact) mass is 239 g/mol. The quantitative estimate of drug-likeness (QED) is 0.850. The molecule has 1 heterocycles. The van der Waals surface area contributed by atoms with Gasteiger partial charge in [0.2, 0.25) is 0 Å². The van der Waals surface area contributed by atoms with Gasteiger partial charge < -0.3 is 10.4 Å². The van der Waals surface area contributed by atoms with Crippen LogP contribution in [-0.4, -0.2) is 17.7 Å². The third-order valence-electron chi connectivity index (χ3n) is 3.17. The summed E-state index contributed by atoms with van der Waals surface area (Å²) in [5.41, 5.74) is 0.955. The van der Waals surface area contributed by atoms with Crippen LogP contribution < -0.4 is 5.32 Å². The number of rotatable bonds is 3. The molecule has 16 heavy (non-hydrogen) atoms. The summed E-state index contributed by atoms with van der Waals surface area (Å²) in [6.45, 7) is 1.08. The van der Waals surface area contributed by atoms with E-state index in [-0.39, 0.29) is 6.10 Å². The van der Waals surface area contributed by atoms with Crippen molar-refractivity contribution in [2.24, 2.45) is 0 Å². The molecular weight excluding hydrogens is 222 g/mol. The summed E-state index contributed by atoms with van der Waals surface area (Å²) in [7, 11) is 0. The van der Waals surface area contributed by atoms with Crippen molar-refractivity contribution >= 4 is 11.6 Å². The van der Waals surface area contributed by atoms with Gasteiger partial charge in [-0.15, -0.1) is 0 Å². The molecule has 2 unspecified atom stereocenters. The molecule has 2 N–H and O–H groups in total. The topological polar surface area (TPSA) is 32.3 Å². The van der Waals surface area contributed by atoms with Crippen molar-refractivity contribution in [2.45, 2.75) is 37.8 Å². The SMILES string of the molecule is OC(CC1CCCCN1)c1ccc(Cl)cc1. The highest BCUT2D eigenvalue weighted by Crippen LogP contribution is 2.23. The van der Waals surface area contributed by atoms with Gasteiger partial charge in [-0.3, -0.25) is 0 Å². The molecule has 0 saturated carbocycles. The first-order chi connectivity index (χ1) is 7.75. The van der Waals surface area contributed by atoms with Crippen molar-refractivity contribution in [1.29, 1.82) is 0 Å². The fraction of sp³-hybridized carbons (Fsp3) is 0.538. The Morgan fingerprint density at radius 3 is 2.69 bits per heavy atom. The Bertz CT molecular complexity index is 319. The van der Waals surface area contributed by atoms with Crippen LogP contribution in [-0.2, 0) is 0 Å². The lowest BCUT2D eigenvalue weighted by Gasteiger charge is -2.25. The standard InChI is InChI=1S/C13H18ClNO/c14-11-6-4-10(5-7-11)13(16)9-12-3-1-2-8-15-12/h4-7,12-13,15-16H,1-3,8-9H2. The number of aliphatic hydroxyl groups excluding tert-OH is 1. The first-order valence-corrected chi connectivity index (χ1v) is 6.30. The molecule has 2 nitrogen and oxygen atoms in total. The molecule has 1 aliphatic rings. The number of hydrogen-bond acceptors (Lipinski definition) is 2. The van der Waals surface area contributed by atoms with E-state index in [9.17, 15) is 5.11 Å². The minimum absolute atomic E-state index is 0.382. The van der Waals surface area contributed by atoms with E-state index in [0.717, 1.165) is 18.5 Å². The summed E-state index contributed by atoms with van der Waals surface area (Å²) in [6.07, 6.45) is 4.11. The highest BCUT2D eigenvalue weighted by Gasteiger charge is 2.17. The van der Waals surface area contributed by atoms with Crippen molar-refractivity contribution < 1.29 is 5.11 Å². The van der Waals surface area contributed by atoms with E-state index in [2.05, 4.69) is 5.32 Å². The van der Waals surface area contributed by atoms with Gasteiger partial charge >= 0.3 is 0 Å². The van der Waals surface area contributed by atoms with Gasteiger partial charge in [-0.05, 0) is 43.5 Å². The van der Waals surface area contributed by atoms with Crippen LogP contribution in [0.5, 0.6) is 0 Å². The minimum Gasteiger partial charge on any atom is -0.388 e. The lowest BCUT2D eigenvalue weighted by Crippen LogP contribution is -2.35. The van der Waals surface area contributed by atoms with Gasteiger partial charge in [0.1, 0.15) is 0 Å². The van der Waals surface area contributed by atoms with Gasteiger partial charge in [-0.2, -0.15) is 0 Å². The zero-order valence-corrected chi connectivity index (χ0v) is 10.1. The van der Waals surface area contributed by atoms with Crippen LogP contribution in [0.2, 0.25) is 5.02 Å². The molecule has 1 aliphatic heterocycles. The molecule has 0 bridgehead atoms. The second-order valence-corrected chi connectivity index (χ2v) is 4.89. The maximum absolute atomic E-state index is 10.1. The summed E-state index contributed by atoms with van der Waals surface area (Å²) in [5, 5.41) is 14.2. The molecule has 1 aromatic rings. The molecule has 2 atom stereocenters. The molecule has 0 aromatic heterocycles. The van der Waals surface area contributed by atoms with Crippen LogP contribution in [0.1, 0.15) is 37.4 Å². The Morgan fingerprint density at radius 1 is 1.31 bits per heavy atom. The van der Waals surface area contributed by atoms with Crippen molar-refractivity contribution in [3.63, 3.8) is 0 Å². The molecule has 3 heteroatoms. The van der Waals surface area contributed by atoms with Crippen molar-refractivity contribution in [3.05, 3.63) is 34.9 Å². The highest BCUT2D eigenvalue weighted by atomic mass is 35.5. The maximum atomic E-state index is 10.1. The van der Waals surface area contributed by atoms with Crippen LogP contribution in [0, 0.1) is 0 Å². The molecular formula is C13H18ClNO. The molecule has 2 rings (SSSR count). The summed E-state index contributed by atoms with van der Waals surface area (Å²) in [4.78, 5) is 0. The van der Waals surface area contributed by atoms with Crippen LogP contribution in [0.15, 0.2) is 24.3 Å². The van der Waals surface area contributed by atoms with Crippen LogP contribution in [0.25, 0.3) is 0 Å². The Hall–Kier alpha value is -0.570. The number of benzene rings is 1. The average Bonchev–Trinajstić information content (AvgIpc) is 2.31. The number of aliphatic hydroxyl groups is 1. The second-order valence-electron chi connectivity index (χ2n) is 4.45.